The molecule has 1 aliphatic rings. The number of fused-ring (bicyclic) bond motifs is 4. The summed E-state index contributed by atoms with van der Waals surface area (Å²) in [6.45, 7) is 0.986. The molecule has 0 spiro atoms. The third-order valence-corrected chi connectivity index (χ3v) is 4.67. The predicted molar refractivity (Wildman–Crippen MR) is 95.3 cm³/mol. The highest BCUT2D eigenvalue weighted by Crippen LogP contribution is 2.38. The van der Waals surface area contributed by atoms with E-state index in [0.29, 0.717) is 0 Å². The van der Waals surface area contributed by atoms with Crippen molar-refractivity contribution in [2.75, 3.05) is 17.2 Å². The summed E-state index contributed by atoms with van der Waals surface area (Å²) in [5.41, 5.74) is 12.4. The van der Waals surface area contributed by atoms with Gasteiger partial charge in [0.2, 0.25) is 0 Å². The van der Waals surface area contributed by atoms with Crippen LogP contribution in [-0.2, 0) is 6.42 Å². The maximum atomic E-state index is 5.92. The number of benzene rings is 3. The van der Waals surface area contributed by atoms with Crippen molar-refractivity contribution in [1.29, 1.82) is 0 Å². The summed E-state index contributed by atoms with van der Waals surface area (Å²) in [5, 5.41) is 2.34. The standard InChI is InChI=1S/C20H16N2O/c21-14-5-7-18-13(11-14)9-10-22(18)15-6-8-20-17(12-15)16-3-1-2-4-19(16)23-20/h1-8,11-12H,9-10,21H2. The summed E-state index contributed by atoms with van der Waals surface area (Å²) in [7, 11) is 0. The van der Waals surface area contributed by atoms with E-state index in [-0.39, 0.29) is 0 Å². The third kappa shape index (κ3) is 1.83. The zero-order chi connectivity index (χ0) is 15.4. The van der Waals surface area contributed by atoms with E-state index in [9.17, 15) is 0 Å². The van der Waals surface area contributed by atoms with Crippen LogP contribution in [0.1, 0.15) is 5.56 Å². The number of furan rings is 1. The molecule has 3 heteroatoms. The molecule has 0 radical (unpaired) electrons. The Bertz CT molecular complexity index is 1050. The Hall–Kier alpha value is -2.94. The molecule has 0 saturated heterocycles. The van der Waals surface area contributed by atoms with Crippen molar-refractivity contribution in [3.05, 3.63) is 66.2 Å². The molecule has 112 valence electrons. The van der Waals surface area contributed by atoms with Gasteiger partial charge in [-0.25, -0.2) is 0 Å². The van der Waals surface area contributed by atoms with E-state index >= 15 is 0 Å². The SMILES string of the molecule is Nc1ccc2c(c1)CCN2c1ccc2oc3ccccc3c2c1. The van der Waals surface area contributed by atoms with Gasteiger partial charge >= 0.3 is 0 Å². The molecule has 1 aliphatic heterocycles. The van der Waals surface area contributed by atoms with Crippen molar-refractivity contribution in [1.82, 2.24) is 0 Å². The molecule has 0 fully saturated rings. The molecule has 0 unspecified atom stereocenters. The first-order chi connectivity index (χ1) is 11.3. The lowest BCUT2D eigenvalue weighted by Gasteiger charge is -2.19. The van der Waals surface area contributed by atoms with Gasteiger partial charge in [-0.2, -0.15) is 0 Å². The van der Waals surface area contributed by atoms with E-state index in [1.807, 2.05) is 18.2 Å². The summed E-state index contributed by atoms with van der Waals surface area (Å²) in [6, 6.07) is 20.8. The average molecular weight is 300 g/mol. The summed E-state index contributed by atoms with van der Waals surface area (Å²) < 4.78 is 5.92. The molecule has 3 nitrogen and oxygen atoms in total. The molecule has 2 heterocycles. The Balaban J connectivity index is 1.68. The van der Waals surface area contributed by atoms with Gasteiger partial charge < -0.3 is 15.1 Å². The first-order valence-electron chi connectivity index (χ1n) is 7.87. The normalized spacial score (nSPS) is 13.8. The first kappa shape index (κ1) is 12.6. The monoisotopic (exact) mass is 300 g/mol. The van der Waals surface area contributed by atoms with E-state index in [1.165, 1.54) is 27.7 Å². The quantitative estimate of drug-likeness (QED) is 0.510. The lowest BCUT2D eigenvalue weighted by atomic mass is 10.1. The zero-order valence-corrected chi connectivity index (χ0v) is 12.6. The van der Waals surface area contributed by atoms with Crippen molar-refractivity contribution >= 4 is 39.0 Å². The minimum absolute atomic E-state index is 0.835. The molecule has 0 saturated carbocycles. The zero-order valence-electron chi connectivity index (χ0n) is 12.6. The van der Waals surface area contributed by atoms with Crippen LogP contribution in [0.4, 0.5) is 17.1 Å². The minimum atomic E-state index is 0.835. The van der Waals surface area contributed by atoms with Gasteiger partial charge in [-0.15, -0.1) is 0 Å². The van der Waals surface area contributed by atoms with Crippen LogP contribution < -0.4 is 10.6 Å². The maximum Gasteiger partial charge on any atom is 0.135 e. The van der Waals surface area contributed by atoms with E-state index < -0.39 is 0 Å². The first-order valence-corrected chi connectivity index (χ1v) is 7.87. The number of anilines is 3. The van der Waals surface area contributed by atoms with Crippen molar-refractivity contribution < 1.29 is 4.42 Å². The summed E-state index contributed by atoms with van der Waals surface area (Å²) in [4.78, 5) is 2.36. The second kappa shape index (κ2) is 4.53. The van der Waals surface area contributed by atoms with Crippen LogP contribution in [-0.4, -0.2) is 6.54 Å². The van der Waals surface area contributed by atoms with Crippen LogP contribution in [0.15, 0.2) is 65.1 Å². The molecule has 2 N–H and O–H groups in total. The fourth-order valence-electron chi connectivity index (χ4n) is 3.57. The lowest BCUT2D eigenvalue weighted by Crippen LogP contribution is -2.12. The average Bonchev–Trinajstić information content (AvgIpc) is 3.14. The Kier molecular flexibility index (Phi) is 2.48. The highest BCUT2D eigenvalue weighted by atomic mass is 16.3. The Morgan fingerprint density at radius 1 is 0.870 bits per heavy atom. The molecule has 23 heavy (non-hydrogen) atoms. The topological polar surface area (TPSA) is 42.4 Å². The van der Waals surface area contributed by atoms with Gasteiger partial charge in [-0.3, -0.25) is 0 Å². The van der Waals surface area contributed by atoms with Gasteiger partial charge in [0, 0.05) is 34.4 Å². The molecule has 0 bridgehead atoms. The van der Waals surface area contributed by atoms with Crippen LogP contribution in [0.2, 0.25) is 0 Å². The molecule has 0 atom stereocenters. The molecular weight excluding hydrogens is 284 g/mol. The van der Waals surface area contributed by atoms with E-state index in [4.69, 9.17) is 10.2 Å². The van der Waals surface area contributed by atoms with Gasteiger partial charge in [-0.1, -0.05) is 18.2 Å². The Morgan fingerprint density at radius 3 is 2.70 bits per heavy atom. The highest BCUT2D eigenvalue weighted by molar-refractivity contribution is 6.06. The summed E-state index contributed by atoms with van der Waals surface area (Å²) in [5.74, 6) is 0. The van der Waals surface area contributed by atoms with Crippen LogP contribution in [0, 0.1) is 0 Å². The molecule has 0 aliphatic carbocycles. The molecule has 3 aromatic carbocycles. The third-order valence-electron chi connectivity index (χ3n) is 4.67. The minimum Gasteiger partial charge on any atom is -0.456 e. The molecule has 4 aromatic rings. The van der Waals surface area contributed by atoms with Gasteiger partial charge in [0.25, 0.3) is 0 Å². The van der Waals surface area contributed by atoms with E-state index in [2.05, 4.69) is 47.4 Å². The summed E-state index contributed by atoms with van der Waals surface area (Å²) >= 11 is 0. The fourth-order valence-corrected chi connectivity index (χ4v) is 3.57. The number of nitrogens with zero attached hydrogens (tertiary/aromatic N) is 1. The summed E-state index contributed by atoms with van der Waals surface area (Å²) in [6.07, 6.45) is 1.03. The number of rotatable bonds is 1. The molecule has 5 rings (SSSR count). The predicted octanol–water partition coefficient (Wildman–Crippen LogP) is 4.86. The Morgan fingerprint density at radius 2 is 1.74 bits per heavy atom. The van der Waals surface area contributed by atoms with Crippen molar-refractivity contribution in [2.45, 2.75) is 6.42 Å². The van der Waals surface area contributed by atoms with Crippen molar-refractivity contribution in [3.8, 4) is 0 Å². The fraction of sp³-hybridized carbons (Fsp3) is 0.100. The molecule has 1 aromatic heterocycles. The largest absolute Gasteiger partial charge is 0.456 e. The highest BCUT2D eigenvalue weighted by Gasteiger charge is 2.21. The Labute approximate surface area is 133 Å². The van der Waals surface area contributed by atoms with E-state index in [0.717, 1.165) is 29.8 Å². The van der Waals surface area contributed by atoms with Crippen LogP contribution in [0.3, 0.4) is 0 Å². The van der Waals surface area contributed by atoms with Crippen molar-refractivity contribution in [3.63, 3.8) is 0 Å². The van der Waals surface area contributed by atoms with Crippen molar-refractivity contribution in [2.24, 2.45) is 0 Å². The number of hydrogen-bond donors (Lipinski definition) is 1. The van der Waals surface area contributed by atoms with Gasteiger partial charge in [-0.05, 0) is 54.4 Å². The van der Waals surface area contributed by atoms with Gasteiger partial charge in [0.1, 0.15) is 11.2 Å². The van der Waals surface area contributed by atoms with E-state index in [1.54, 1.807) is 0 Å². The van der Waals surface area contributed by atoms with Crippen LogP contribution in [0.25, 0.3) is 21.9 Å². The smallest absolute Gasteiger partial charge is 0.135 e. The number of para-hydroxylation sites is 1. The molecule has 0 amide bonds. The van der Waals surface area contributed by atoms with Crippen LogP contribution in [0.5, 0.6) is 0 Å². The van der Waals surface area contributed by atoms with Gasteiger partial charge in [0.05, 0.1) is 0 Å². The number of nitrogens with two attached hydrogens (primary N) is 1. The maximum absolute atomic E-state index is 5.92. The van der Waals surface area contributed by atoms with Gasteiger partial charge in [0.15, 0.2) is 0 Å². The number of hydrogen-bond acceptors (Lipinski definition) is 3. The molecular formula is C20H16N2O. The van der Waals surface area contributed by atoms with Crippen LogP contribution >= 0.6 is 0 Å². The second-order valence-electron chi connectivity index (χ2n) is 6.07. The number of nitrogen functional groups attached to an aromatic ring is 1. The lowest BCUT2D eigenvalue weighted by molar-refractivity contribution is 0.669. The second-order valence-corrected chi connectivity index (χ2v) is 6.07.